The molecule has 0 spiro atoms. The molecule has 0 radical (unpaired) electrons. The largest absolute Gasteiger partial charge is 0.507 e. The van der Waals surface area contributed by atoms with Crippen molar-refractivity contribution in [3.8, 4) is 16.9 Å². The van der Waals surface area contributed by atoms with Gasteiger partial charge in [0.05, 0.1) is 0 Å². The molecule has 0 saturated heterocycles. The van der Waals surface area contributed by atoms with E-state index in [0.29, 0.717) is 5.75 Å². The Balaban J connectivity index is 2.85. The lowest BCUT2D eigenvalue weighted by Crippen LogP contribution is -1.97. The van der Waals surface area contributed by atoms with Crippen LogP contribution in [0.1, 0.15) is 27.8 Å². The van der Waals surface area contributed by atoms with Crippen LogP contribution in [0.2, 0.25) is 0 Å². The van der Waals surface area contributed by atoms with Crippen molar-refractivity contribution in [3.63, 3.8) is 0 Å². The van der Waals surface area contributed by atoms with E-state index in [1.54, 1.807) is 0 Å². The third-order valence-corrected chi connectivity index (χ3v) is 4.07. The average Bonchev–Trinajstić information content (AvgIpc) is 2.36. The molecule has 1 nitrogen and oxygen atoms in total. The van der Waals surface area contributed by atoms with Crippen LogP contribution in [0.15, 0.2) is 24.3 Å². The van der Waals surface area contributed by atoms with Crippen molar-refractivity contribution in [2.45, 2.75) is 34.6 Å². The van der Waals surface area contributed by atoms with Gasteiger partial charge >= 0.3 is 0 Å². The number of phenolic OH excluding ortho intramolecular Hbond substituents is 1. The summed E-state index contributed by atoms with van der Waals surface area (Å²) in [5, 5.41) is 10.5. The van der Waals surface area contributed by atoms with Crippen molar-refractivity contribution in [1.82, 2.24) is 0 Å². The van der Waals surface area contributed by atoms with E-state index in [-0.39, 0.29) is 0 Å². The molecule has 1 N–H and O–H groups in total. The van der Waals surface area contributed by atoms with Crippen LogP contribution >= 0.6 is 0 Å². The Kier molecular flexibility index (Phi) is 3.16. The van der Waals surface area contributed by atoms with Crippen molar-refractivity contribution in [1.29, 1.82) is 0 Å². The first kappa shape index (κ1) is 12.7. The second kappa shape index (κ2) is 4.49. The fraction of sp³-hybridized carbons (Fsp3) is 0.294. The number of hydrogen-bond acceptors (Lipinski definition) is 1. The van der Waals surface area contributed by atoms with Gasteiger partial charge in [0, 0.05) is 5.56 Å². The number of benzene rings is 2. The van der Waals surface area contributed by atoms with Crippen LogP contribution in [0, 0.1) is 34.6 Å². The molecular formula is C17H20O. The molecule has 0 aromatic heterocycles. The first-order valence-corrected chi connectivity index (χ1v) is 6.30. The van der Waals surface area contributed by atoms with Crippen LogP contribution in [0.4, 0.5) is 0 Å². The fourth-order valence-electron chi connectivity index (χ4n) is 2.48. The van der Waals surface area contributed by atoms with E-state index in [9.17, 15) is 5.11 Å². The van der Waals surface area contributed by atoms with E-state index in [0.717, 1.165) is 16.7 Å². The first-order chi connectivity index (χ1) is 8.45. The van der Waals surface area contributed by atoms with E-state index < -0.39 is 0 Å². The van der Waals surface area contributed by atoms with Gasteiger partial charge in [0.1, 0.15) is 5.75 Å². The van der Waals surface area contributed by atoms with Crippen LogP contribution in [-0.2, 0) is 0 Å². The Labute approximate surface area is 109 Å². The normalized spacial score (nSPS) is 10.7. The van der Waals surface area contributed by atoms with Gasteiger partial charge in [0.2, 0.25) is 0 Å². The van der Waals surface area contributed by atoms with Gasteiger partial charge in [-0.05, 0) is 68.0 Å². The third kappa shape index (κ3) is 1.80. The van der Waals surface area contributed by atoms with Gasteiger partial charge in [-0.2, -0.15) is 0 Å². The summed E-state index contributed by atoms with van der Waals surface area (Å²) in [6, 6.07) is 8.20. The molecule has 0 bridgehead atoms. The van der Waals surface area contributed by atoms with Crippen molar-refractivity contribution in [2.24, 2.45) is 0 Å². The maximum Gasteiger partial charge on any atom is 0.126 e. The molecule has 2 aromatic rings. The van der Waals surface area contributed by atoms with Crippen LogP contribution in [0.5, 0.6) is 5.75 Å². The zero-order chi connectivity index (χ0) is 13.4. The molecule has 2 aromatic carbocycles. The number of rotatable bonds is 1. The Morgan fingerprint density at radius 2 is 1.28 bits per heavy atom. The summed E-state index contributed by atoms with van der Waals surface area (Å²) in [4.78, 5) is 0. The highest BCUT2D eigenvalue weighted by atomic mass is 16.3. The van der Waals surface area contributed by atoms with Gasteiger partial charge in [-0.3, -0.25) is 0 Å². The van der Waals surface area contributed by atoms with Gasteiger partial charge < -0.3 is 5.11 Å². The molecule has 18 heavy (non-hydrogen) atoms. The standard InChI is InChI=1S/C17H20O/c1-10-8-6-7-9-15(10)16-13(4)11(2)12(3)14(5)17(16)18/h6-9,18H,1-5H3. The average molecular weight is 240 g/mol. The molecule has 94 valence electrons. The van der Waals surface area contributed by atoms with Crippen LogP contribution in [0.25, 0.3) is 11.1 Å². The molecule has 0 aliphatic heterocycles. The highest BCUT2D eigenvalue weighted by Gasteiger charge is 2.16. The molecule has 0 fully saturated rings. The van der Waals surface area contributed by atoms with E-state index in [2.05, 4.69) is 39.8 Å². The quantitative estimate of drug-likeness (QED) is 0.772. The molecule has 0 atom stereocenters. The maximum absolute atomic E-state index is 10.5. The summed E-state index contributed by atoms with van der Waals surface area (Å²) in [6.45, 7) is 10.3. The van der Waals surface area contributed by atoms with Crippen molar-refractivity contribution in [3.05, 3.63) is 52.1 Å². The SMILES string of the molecule is Cc1ccccc1-c1c(C)c(C)c(C)c(C)c1O. The summed E-state index contributed by atoms with van der Waals surface area (Å²) in [6.07, 6.45) is 0. The predicted octanol–water partition coefficient (Wildman–Crippen LogP) is 4.60. The van der Waals surface area contributed by atoms with Crippen molar-refractivity contribution in [2.75, 3.05) is 0 Å². The van der Waals surface area contributed by atoms with E-state index in [1.807, 2.05) is 19.1 Å². The Hall–Kier alpha value is -1.76. The van der Waals surface area contributed by atoms with Crippen LogP contribution in [0.3, 0.4) is 0 Å². The number of hydrogen-bond donors (Lipinski definition) is 1. The minimum Gasteiger partial charge on any atom is -0.507 e. The monoisotopic (exact) mass is 240 g/mol. The Bertz CT molecular complexity index is 580. The zero-order valence-corrected chi connectivity index (χ0v) is 11.8. The lowest BCUT2D eigenvalue weighted by molar-refractivity contribution is 0.472. The molecule has 0 aliphatic rings. The summed E-state index contributed by atoms with van der Waals surface area (Å²) in [5.74, 6) is 0.421. The molecule has 0 unspecified atom stereocenters. The maximum atomic E-state index is 10.5. The van der Waals surface area contributed by atoms with E-state index >= 15 is 0 Å². The minimum atomic E-state index is 0.421. The van der Waals surface area contributed by atoms with Gasteiger partial charge in [-0.25, -0.2) is 0 Å². The molecule has 2 rings (SSSR count). The Morgan fingerprint density at radius 1 is 0.722 bits per heavy atom. The summed E-state index contributed by atoms with van der Waals surface area (Å²) in [5.41, 5.74) is 7.90. The number of aryl methyl sites for hydroxylation is 1. The fourth-order valence-corrected chi connectivity index (χ4v) is 2.48. The second-order valence-electron chi connectivity index (χ2n) is 5.04. The Morgan fingerprint density at radius 3 is 1.89 bits per heavy atom. The van der Waals surface area contributed by atoms with Crippen LogP contribution in [-0.4, -0.2) is 5.11 Å². The highest BCUT2D eigenvalue weighted by Crippen LogP contribution is 2.40. The number of aromatic hydroxyl groups is 1. The molecule has 0 saturated carbocycles. The smallest absolute Gasteiger partial charge is 0.126 e. The molecular weight excluding hydrogens is 220 g/mol. The van der Waals surface area contributed by atoms with Crippen LogP contribution < -0.4 is 0 Å². The topological polar surface area (TPSA) is 20.2 Å². The van der Waals surface area contributed by atoms with Gasteiger partial charge in [0.15, 0.2) is 0 Å². The van der Waals surface area contributed by atoms with Gasteiger partial charge in [-0.15, -0.1) is 0 Å². The summed E-state index contributed by atoms with van der Waals surface area (Å²) < 4.78 is 0. The van der Waals surface area contributed by atoms with Gasteiger partial charge in [-0.1, -0.05) is 24.3 Å². The van der Waals surface area contributed by atoms with E-state index in [4.69, 9.17) is 0 Å². The number of phenols is 1. The summed E-state index contributed by atoms with van der Waals surface area (Å²) >= 11 is 0. The van der Waals surface area contributed by atoms with Crippen molar-refractivity contribution < 1.29 is 5.11 Å². The molecule has 0 heterocycles. The minimum absolute atomic E-state index is 0.421. The third-order valence-electron chi connectivity index (χ3n) is 4.07. The van der Waals surface area contributed by atoms with Crippen molar-refractivity contribution >= 4 is 0 Å². The van der Waals surface area contributed by atoms with E-state index in [1.165, 1.54) is 22.3 Å². The first-order valence-electron chi connectivity index (χ1n) is 6.30. The van der Waals surface area contributed by atoms with Gasteiger partial charge in [0.25, 0.3) is 0 Å². The molecule has 1 heteroatoms. The lowest BCUT2D eigenvalue weighted by atomic mass is 9.88. The summed E-state index contributed by atoms with van der Waals surface area (Å²) in [7, 11) is 0. The second-order valence-corrected chi connectivity index (χ2v) is 5.04. The molecule has 0 aliphatic carbocycles. The molecule has 0 amide bonds. The lowest BCUT2D eigenvalue weighted by Gasteiger charge is -2.18. The predicted molar refractivity (Wildman–Crippen MR) is 77.2 cm³/mol. The highest BCUT2D eigenvalue weighted by molar-refractivity contribution is 5.79. The zero-order valence-electron chi connectivity index (χ0n) is 11.8.